The lowest BCUT2D eigenvalue weighted by Gasteiger charge is -2.12. The molecule has 7 nitrogen and oxygen atoms in total. The van der Waals surface area contributed by atoms with Crippen LogP contribution in [0.3, 0.4) is 0 Å². The maximum Gasteiger partial charge on any atom is 0.224 e. The highest BCUT2D eigenvalue weighted by atomic mass is 16.5. The van der Waals surface area contributed by atoms with Crippen molar-refractivity contribution < 1.29 is 14.2 Å². The van der Waals surface area contributed by atoms with Gasteiger partial charge < -0.3 is 24.8 Å². The van der Waals surface area contributed by atoms with Gasteiger partial charge in [-0.1, -0.05) is 12.1 Å². The summed E-state index contributed by atoms with van der Waals surface area (Å²) in [5.74, 6) is 3.57. The van der Waals surface area contributed by atoms with Crippen LogP contribution in [0.4, 0.5) is 17.5 Å². The maximum atomic E-state index is 5.69. The van der Waals surface area contributed by atoms with Gasteiger partial charge in [0.2, 0.25) is 5.95 Å². The Morgan fingerprint density at radius 1 is 0.929 bits per heavy atom. The Morgan fingerprint density at radius 2 is 1.71 bits per heavy atom. The van der Waals surface area contributed by atoms with E-state index in [2.05, 4.69) is 20.6 Å². The highest BCUT2D eigenvalue weighted by Gasteiger charge is 2.05. The Morgan fingerprint density at radius 3 is 2.50 bits per heavy atom. The fourth-order valence-electron chi connectivity index (χ4n) is 2.51. The minimum atomic E-state index is 0.487. The number of rotatable bonds is 10. The minimum absolute atomic E-state index is 0.487. The van der Waals surface area contributed by atoms with Crippen LogP contribution in [0.1, 0.15) is 6.92 Å². The number of methoxy groups -OCH3 is 1. The van der Waals surface area contributed by atoms with Gasteiger partial charge in [0.25, 0.3) is 0 Å². The molecule has 3 aromatic rings. The van der Waals surface area contributed by atoms with E-state index in [1.807, 2.05) is 61.5 Å². The SMILES string of the molecule is CCOc1ccccc1Nc1ccnc(NCCOc2ccc(OC)cc2)n1. The molecule has 0 saturated carbocycles. The largest absolute Gasteiger partial charge is 0.497 e. The molecule has 3 rings (SSSR count). The molecule has 0 aliphatic heterocycles. The molecular formula is C21H24N4O3. The van der Waals surface area contributed by atoms with Crippen molar-refractivity contribution in [3.05, 3.63) is 60.8 Å². The first kappa shape index (κ1) is 19.3. The predicted octanol–water partition coefficient (Wildman–Crippen LogP) is 4.12. The third-order valence-corrected chi connectivity index (χ3v) is 3.82. The van der Waals surface area contributed by atoms with E-state index in [9.17, 15) is 0 Å². The lowest BCUT2D eigenvalue weighted by Crippen LogP contribution is -2.13. The van der Waals surface area contributed by atoms with Crippen molar-refractivity contribution in [3.8, 4) is 17.2 Å². The first-order valence-corrected chi connectivity index (χ1v) is 9.11. The quantitative estimate of drug-likeness (QED) is 0.512. The number of hydrogen-bond donors (Lipinski definition) is 2. The number of nitrogens with one attached hydrogen (secondary N) is 2. The van der Waals surface area contributed by atoms with E-state index in [-0.39, 0.29) is 0 Å². The van der Waals surface area contributed by atoms with E-state index in [1.54, 1.807) is 13.3 Å². The number of anilines is 3. The lowest BCUT2D eigenvalue weighted by atomic mass is 10.3. The first-order valence-electron chi connectivity index (χ1n) is 9.11. The Labute approximate surface area is 164 Å². The number of benzene rings is 2. The Hall–Kier alpha value is -3.48. The highest BCUT2D eigenvalue weighted by Crippen LogP contribution is 2.26. The zero-order chi connectivity index (χ0) is 19.6. The predicted molar refractivity (Wildman–Crippen MR) is 110 cm³/mol. The molecule has 0 spiro atoms. The molecule has 0 aliphatic rings. The minimum Gasteiger partial charge on any atom is -0.497 e. The summed E-state index contributed by atoms with van der Waals surface area (Å²) in [6, 6.07) is 17.0. The molecule has 0 aliphatic carbocycles. The van der Waals surface area contributed by atoms with Crippen LogP contribution in [0.25, 0.3) is 0 Å². The van der Waals surface area contributed by atoms with Crippen LogP contribution in [0, 0.1) is 0 Å². The molecule has 2 N–H and O–H groups in total. The van der Waals surface area contributed by atoms with E-state index in [4.69, 9.17) is 14.2 Å². The molecule has 0 fully saturated rings. The first-order chi connectivity index (χ1) is 13.8. The lowest BCUT2D eigenvalue weighted by molar-refractivity contribution is 0.331. The Kier molecular flexibility index (Phi) is 6.89. The summed E-state index contributed by atoms with van der Waals surface area (Å²) in [5, 5.41) is 6.43. The van der Waals surface area contributed by atoms with Crippen LogP contribution in [-0.4, -0.2) is 36.8 Å². The van der Waals surface area contributed by atoms with Crippen LogP contribution < -0.4 is 24.8 Å². The zero-order valence-electron chi connectivity index (χ0n) is 16.0. The van der Waals surface area contributed by atoms with Gasteiger partial charge in [-0.2, -0.15) is 4.98 Å². The second-order valence-electron chi connectivity index (χ2n) is 5.77. The van der Waals surface area contributed by atoms with Gasteiger partial charge in [0, 0.05) is 6.20 Å². The van der Waals surface area contributed by atoms with Crippen LogP contribution >= 0.6 is 0 Å². The zero-order valence-corrected chi connectivity index (χ0v) is 16.0. The molecule has 7 heteroatoms. The summed E-state index contributed by atoms with van der Waals surface area (Å²) >= 11 is 0. The van der Waals surface area contributed by atoms with Crippen LogP contribution in [0.15, 0.2) is 60.8 Å². The van der Waals surface area contributed by atoms with Crippen LogP contribution in [-0.2, 0) is 0 Å². The highest BCUT2D eigenvalue weighted by molar-refractivity contribution is 5.64. The van der Waals surface area contributed by atoms with Crippen molar-refractivity contribution in [2.45, 2.75) is 6.92 Å². The van der Waals surface area contributed by atoms with E-state index in [1.165, 1.54) is 0 Å². The third kappa shape index (κ3) is 5.51. The maximum absolute atomic E-state index is 5.69. The van der Waals surface area contributed by atoms with Crippen molar-refractivity contribution in [3.63, 3.8) is 0 Å². The molecule has 1 aromatic heterocycles. The molecule has 0 amide bonds. The summed E-state index contributed by atoms with van der Waals surface area (Å²) in [6.45, 7) is 3.62. The van der Waals surface area contributed by atoms with Gasteiger partial charge in [-0.15, -0.1) is 0 Å². The normalized spacial score (nSPS) is 10.2. The van der Waals surface area contributed by atoms with Gasteiger partial charge in [-0.05, 0) is 49.4 Å². The molecule has 2 aromatic carbocycles. The van der Waals surface area contributed by atoms with Crippen molar-refractivity contribution in [2.75, 3.05) is 37.5 Å². The monoisotopic (exact) mass is 380 g/mol. The average molecular weight is 380 g/mol. The molecule has 0 saturated heterocycles. The fraction of sp³-hybridized carbons (Fsp3) is 0.238. The van der Waals surface area contributed by atoms with E-state index in [0.29, 0.717) is 31.5 Å². The van der Waals surface area contributed by atoms with Gasteiger partial charge in [0.15, 0.2) is 0 Å². The summed E-state index contributed by atoms with van der Waals surface area (Å²) in [6.07, 6.45) is 1.70. The summed E-state index contributed by atoms with van der Waals surface area (Å²) < 4.78 is 16.4. The van der Waals surface area contributed by atoms with Crippen molar-refractivity contribution in [1.29, 1.82) is 0 Å². The average Bonchev–Trinajstić information content (AvgIpc) is 2.74. The standard InChI is InChI=1S/C21H24N4O3/c1-3-27-19-7-5-4-6-18(19)24-20-12-13-22-21(25-20)23-14-15-28-17-10-8-16(26-2)9-11-17/h4-13H,3,14-15H2,1-2H3,(H2,22,23,24,25). The Bertz CT molecular complexity index is 872. The van der Waals surface area contributed by atoms with Gasteiger partial charge in [-0.3, -0.25) is 0 Å². The number of para-hydroxylation sites is 2. The van der Waals surface area contributed by atoms with Crippen molar-refractivity contribution >= 4 is 17.5 Å². The third-order valence-electron chi connectivity index (χ3n) is 3.82. The number of nitrogens with zero attached hydrogens (tertiary/aromatic N) is 2. The summed E-state index contributed by atoms with van der Waals surface area (Å²) in [5.41, 5.74) is 0.858. The van der Waals surface area contributed by atoms with Gasteiger partial charge in [0.1, 0.15) is 29.7 Å². The van der Waals surface area contributed by atoms with E-state index < -0.39 is 0 Å². The Balaban J connectivity index is 1.52. The summed E-state index contributed by atoms with van der Waals surface area (Å²) in [7, 11) is 1.64. The number of ether oxygens (including phenoxy) is 3. The molecule has 28 heavy (non-hydrogen) atoms. The molecule has 146 valence electrons. The van der Waals surface area contributed by atoms with Gasteiger partial charge >= 0.3 is 0 Å². The fourth-order valence-corrected chi connectivity index (χ4v) is 2.51. The molecule has 0 unspecified atom stereocenters. The smallest absolute Gasteiger partial charge is 0.224 e. The number of aromatic nitrogens is 2. The molecular weight excluding hydrogens is 356 g/mol. The van der Waals surface area contributed by atoms with Crippen LogP contribution in [0.2, 0.25) is 0 Å². The molecule has 1 heterocycles. The van der Waals surface area contributed by atoms with Gasteiger partial charge in [-0.25, -0.2) is 4.98 Å². The van der Waals surface area contributed by atoms with Crippen molar-refractivity contribution in [1.82, 2.24) is 9.97 Å². The number of hydrogen-bond acceptors (Lipinski definition) is 7. The van der Waals surface area contributed by atoms with Crippen molar-refractivity contribution in [2.24, 2.45) is 0 Å². The van der Waals surface area contributed by atoms with E-state index >= 15 is 0 Å². The second kappa shape index (κ2) is 10.0. The molecule has 0 atom stereocenters. The molecule has 0 bridgehead atoms. The summed E-state index contributed by atoms with van der Waals surface area (Å²) in [4.78, 5) is 8.72. The van der Waals surface area contributed by atoms with Crippen LogP contribution in [0.5, 0.6) is 17.2 Å². The van der Waals surface area contributed by atoms with Gasteiger partial charge in [0.05, 0.1) is 25.9 Å². The second-order valence-corrected chi connectivity index (χ2v) is 5.77. The molecule has 0 radical (unpaired) electrons. The topological polar surface area (TPSA) is 77.5 Å². The van der Waals surface area contributed by atoms with E-state index in [0.717, 1.165) is 22.9 Å².